The summed E-state index contributed by atoms with van der Waals surface area (Å²) in [5.41, 5.74) is 0.989. The monoisotopic (exact) mass is 256 g/mol. The second-order valence-electron chi connectivity index (χ2n) is 4.42. The van der Waals surface area contributed by atoms with E-state index in [4.69, 9.17) is 14.2 Å². The third kappa shape index (κ3) is 2.62. The summed E-state index contributed by atoms with van der Waals surface area (Å²) in [4.78, 5) is 0. The van der Waals surface area contributed by atoms with Crippen LogP contribution in [-0.2, 0) is 15.3 Å². The van der Waals surface area contributed by atoms with Crippen LogP contribution in [0.25, 0.3) is 0 Å². The summed E-state index contributed by atoms with van der Waals surface area (Å²) in [5.74, 6) is 0.0359. The maximum Gasteiger partial charge on any atom is 0.230 e. The molecule has 3 heteroatoms. The fraction of sp³-hybridized carbons (Fsp3) is 0.250. The Morgan fingerprint density at radius 3 is 2.05 bits per heavy atom. The minimum atomic E-state index is -0.781. The van der Waals surface area contributed by atoms with Crippen molar-refractivity contribution >= 4 is 0 Å². The van der Waals surface area contributed by atoms with E-state index >= 15 is 0 Å². The van der Waals surface area contributed by atoms with Crippen LogP contribution in [0.2, 0.25) is 0 Å². The van der Waals surface area contributed by atoms with Gasteiger partial charge < -0.3 is 14.2 Å². The van der Waals surface area contributed by atoms with Crippen LogP contribution in [0.15, 0.2) is 60.7 Å². The lowest BCUT2D eigenvalue weighted by molar-refractivity contribution is -0.185. The van der Waals surface area contributed by atoms with Gasteiger partial charge in [0.2, 0.25) is 5.79 Å². The Morgan fingerprint density at radius 1 is 0.842 bits per heavy atom. The van der Waals surface area contributed by atoms with Gasteiger partial charge in [0, 0.05) is 5.56 Å². The predicted molar refractivity (Wildman–Crippen MR) is 72.0 cm³/mol. The van der Waals surface area contributed by atoms with E-state index < -0.39 is 5.79 Å². The zero-order valence-corrected chi connectivity index (χ0v) is 10.6. The van der Waals surface area contributed by atoms with Gasteiger partial charge in [0.05, 0.1) is 13.2 Å². The molecule has 0 unspecified atom stereocenters. The second kappa shape index (κ2) is 5.43. The molecular formula is C16H16O3. The summed E-state index contributed by atoms with van der Waals surface area (Å²) in [6, 6.07) is 19.6. The molecule has 0 atom stereocenters. The Bertz CT molecular complexity index is 504. The van der Waals surface area contributed by atoms with Gasteiger partial charge in [-0.3, -0.25) is 0 Å². The standard InChI is InChI=1S/C16H16O3/c1-3-7-14(8-4-1)16(18-11-12-19-16)13-17-15-9-5-2-6-10-15/h1-10H,11-13H2. The predicted octanol–water partition coefficient (Wildman–Crippen LogP) is 2.97. The zero-order chi connectivity index (χ0) is 13.0. The van der Waals surface area contributed by atoms with Crippen molar-refractivity contribution in [1.29, 1.82) is 0 Å². The molecule has 1 saturated heterocycles. The fourth-order valence-electron chi connectivity index (χ4n) is 2.18. The Kier molecular flexibility index (Phi) is 3.49. The molecule has 0 spiro atoms. The third-order valence-corrected chi connectivity index (χ3v) is 3.14. The first-order valence-electron chi connectivity index (χ1n) is 6.40. The van der Waals surface area contributed by atoms with E-state index in [-0.39, 0.29) is 0 Å². The highest BCUT2D eigenvalue weighted by atomic mass is 16.8. The lowest BCUT2D eigenvalue weighted by Crippen LogP contribution is -2.34. The normalized spacial score (nSPS) is 17.3. The smallest absolute Gasteiger partial charge is 0.230 e. The molecule has 0 bridgehead atoms. The van der Waals surface area contributed by atoms with Crippen LogP contribution in [0, 0.1) is 0 Å². The van der Waals surface area contributed by atoms with Crippen molar-refractivity contribution in [3.8, 4) is 5.75 Å². The molecule has 2 aromatic carbocycles. The maximum atomic E-state index is 5.80. The van der Waals surface area contributed by atoms with E-state index in [9.17, 15) is 0 Å². The molecule has 19 heavy (non-hydrogen) atoms. The first-order chi connectivity index (χ1) is 9.39. The highest BCUT2D eigenvalue weighted by molar-refractivity contribution is 5.24. The van der Waals surface area contributed by atoms with E-state index in [0.29, 0.717) is 19.8 Å². The van der Waals surface area contributed by atoms with Crippen LogP contribution in [0.3, 0.4) is 0 Å². The number of ether oxygens (including phenoxy) is 3. The number of para-hydroxylation sites is 1. The van der Waals surface area contributed by atoms with E-state index in [1.54, 1.807) is 0 Å². The SMILES string of the molecule is c1ccc(OCC2(c3ccccc3)OCCO2)cc1. The van der Waals surface area contributed by atoms with Crippen molar-refractivity contribution in [2.45, 2.75) is 5.79 Å². The van der Waals surface area contributed by atoms with Gasteiger partial charge in [-0.2, -0.15) is 0 Å². The van der Waals surface area contributed by atoms with Gasteiger partial charge in [-0.1, -0.05) is 48.5 Å². The Hall–Kier alpha value is -1.84. The van der Waals surface area contributed by atoms with Crippen molar-refractivity contribution < 1.29 is 14.2 Å². The van der Waals surface area contributed by atoms with Crippen LogP contribution < -0.4 is 4.74 Å². The molecule has 0 N–H and O–H groups in total. The largest absolute Gasteiger partial charge is 0.488 e. The van der Waals surface area contributed by atoms with Gasteiger partial charge in [-0.25, -0.2) is 0 Å². The van der Waals surface area contributed by atoms with Gasteiger partial charge in [-0.15, -0.1) is 0 Å². The summed E-state index contributed by atoms with van der Waals surface area (Å²) in [6.45, 7) is 1.53. The molecule has 0 radical (unpaired) electrons. The molecule has 1 aliphatic rings. The Balaban J connectivity index is 1.78. The third-order valence-electron chi connectivity index (χ3n) is 3.14. The first-order valence-corrected chi connectivity index (χ1v) is 6.40. The average Bonchev–Trinajstić information content (AvgIpc) is 2.97. The highest BCUT2D eigenvalue weighted by Crippen LogP contribution is 2.32. The molecule has 1 aliphatic heterocycles. The topological polar surface area (TPSA) is 27.7 Å². The first kappa shape index (κ1) is 12.2. The van der Waals surface area contributed by atoms with Gasteiger partial charge in [0.25, 0.3) is 0 Å². The summed E-state index contributed by atoms with van der Waals surface area (Å²) in [5, 5.41) is 0. The van der Waals surface area contributed by atoms with Crippen LogP contribution in [-0.4, -0.2) is 19.8 Å². The molecule has 3 nitrogen and oxygen atoms in total. The molecule has 1 heterocycles. The number of hydrogen-bond acceptors (Lipinski definition) is 3. The Morgan fingerprint density at radius 2 is 1.42 bits per heavy atom. The summed E-state index contributed by atoms with van der Waals surface area (Å²) >= 11 is 0. The molecule has 0 amide bonds. The zero-order valence-electron chi connectivity index (χ0n) is 10.6. The van der Waals surface area contributed by atoms with E-state index in [1.165, 1.54) is 0 Å². The molecule has 98 valence electrons. The summed E-state index contributed by atoms with van der Waals surface area (Å²) in [6.07, 6.45) is 0. The minimum Gasteiger partial charge on any atom is -0.488 e. The van der Waals surface area contributed by atoms with E-state index in [1.807, 2.05) is 60.7 Å². The van der Waals surface area contributed by atoms with Gasteiger partial charge in [0.1, 0.15) is 12.4 Å². The van der Waals surface area contributed by atoms with Crippen molar-refractivity contribution in [2.75, 3.05) is 19.8 Å². The fourth-order valence-corrected chi connectivity index (χ4v) is 2.18. The van der Waals surface area contributed by atoms with Crippen molar-refractivity contribution in [1.82, 2.24) is 0 Å². The lowest BCUT2D eigenvalue weighted by atomic mass is 10.1. The quantitative estimate of drug-likeness (QED) is 0.841. The van der Waals surface area contributed by atoms with Gasteiger partial charge in [-0.05, 0) is 12.1 Å². The van der Waals surface area contributed by atoms with Gasteiger partial charge >= 0.3 is 0 Å². The molecule has 1 fully saturated rings. The van der Waals surface area contributed by atoms with Crippen molar-refractivity contribution in [3.05, 3.63) is 66.2 Å². The van der Waals surface area contributed by atoms with E-state index in [2.05, 4.69) is 0 Å². The summed E-state index contributed by atoms with van der Waals surface area (Å²) in [7, 11) is 0. The Labute approximate surface area is 112 Å². The molecule has 0 aromatic heterocycles. The molecule has 0 saturated carbocycles. The van der Waals surface area contributed by atoms with Crippen LogP contribution >= 0.6 is 0 Å². The van der Waals surface area contributed by atoms with Crippen LogP contribution in [0.1, 0.15) is 5.56 Å². The van der Waals surface area contributed by atoms with Gasteiger partial charge in [0.15, 0.2) is 0 Å². The second-order valence-corrected chi connectivity index (χ2v) is 4.42. The minimum absolute atomic E-state index is 0.348. The van der Waals surface area contributed by atoms with Crippen LogP contribution in [0.4, 0.5) is 0 Å². The average molecular weight is 256 g/mol. The lowest BCUT2D eigenvalue weighted by Gasteiger charge is -2.27. The van der Waals surface area contributed by atoms with Crippen LogP contribution in [0.5, 0.6) is 5.75 Å². The van der Waals surface area contributed by atoms with Crippen molar-refractivity contribution in [2.24, 2.45) is 0 Å². The number of benzene rings is 2. The molecule has 2 aromatic rings. The number of hydrogen-bond donors (Lipinski definition) is 0. The summed E-state index contributed by atoms with van der Waals surface area (Å²) < 4.78 is 17.4. The molecule has 3 rings (SSSR count). The molecule has 0 aliphatic carbocycles. The van der Waals surface area contributed by atoms with E-state index in [0.717, 1.165) is 11.3 Å². The number of rotatable bonds is 4. The molecular weight excluding hydrogens is 240 g/mol. The maximum absolute atomic E-state index is 5.80. The van der Waals surface area contributed by atoms with Crippen molar-refractivity contribution in [3.63, 3.8) is 0 Å². The highest BCUT2D eigenvalue weighted by Gasteiger charge is 2.39.